The molecule has 2 aromatic rings. The van der Waals surface area contributed by atoms with Crippen molar-refractivity contribution in [2.75, 3.05) is 0 Å². The number of amides is 1. The van der Waals surface area contributed by atoms with E-state index in [4.69, 9.17) is 26.2 Å². The van der Waals surface area contributed by atoms with Gasteiger partial charge < -0.3 is 21.3 Å². The van der Waals surface area contributed by atoms with Gasteiger partial charge in [0.1, 0.15) is 12.4 Å². The fourth-order valence-corrected chi connectivity index (χ4v) is 2.32. The summed E-state index contributed by atoms with van der Waals surface area (Å²) in [6.45, 7) is 3.23. The molecule has 1 heterocycles. The first kappa shape index (κ1) is 26.7. The zero-order chi connectivity index (χ0) is 25.3. The Kier molecular flexibility index (Phi) is 9.14. The molecule has 0 bridgehead atoms. The third kappa shape index (κ3) is 8.35. The minimum atomic E-state index is -5.08. The summed E-state index contributed by atoms with van der Waals surface area (Å²) in [6.07, 6.45) is -1.06. The third-order valence-corrected chi connectivity index (χ3v) is 3.89. The van der Waals surface area contributed by atoms with E-state index >= 15 is 0 Å². The Labute approximate surface area is 184 Å². The Hall–Kier alpha value is -4.36. The summed E-state index contributed by atoms with van der Waals surface area (Å²) in [6, 6.07) is 5.81. The number of carbonyl (C=O) groups excluding carboxylic acids is 1. The molecule has 0 aliphatic heterocycles. The van der Waals surface area contributed by atoms with Gasteiger partial charge in [0, 0.05) is 18.0 Å². The third-order valence-electron chi connectivity index (χ3n) is 3.89. The molecule has 0 fully saturated rings. The average molecular weight is 471 g/mol. The number of benzene rings is 1. The van der Waals surface area contributed by atoms with E-state index in [0.29, 0.717) is 11.3 Å². The van der Waals surface area contributed by atoms with Gasteiger partial charge in [-0.15, -0.1) is 6.58 Å². The van der Waals surface area contributed by atoms with Crippen LogP contribution in [0.3, 0.4) is 0 Å². The van der Waals surface area contributed by atoms with Crippen molar-refractivity contribution >= 4 is 23.7 Å². The first-order valence-electron chi connectivity index (χ1n) is 8.92. The molecule has 178 valence electrons. The normalized spacial score (nSPS) is 11.5. The van der Waals surface area contributed by atoms with Gasteiger partial charge in [-0.2, -0.15) is 13.2 Å². The molecular formula is C19H20F3N5O6. The Bertz CT molecular complexity index is 1090. The first-order chi connectivity index (χ1) is 15.3. The number of halogens is 3. The van der Waals surface area contributed by atoms with E-state index in [0.717, 1.165) is 0 Å². The number of hydrogen-bond acceptors (Lipinski definition) is 5. The van der Waals surface area contributed by atoms with E-state index in [2.05, 4.69) is 11.9 Å². The molecule has 0 unspecified atom stereocenters. The van der Waals surface area contributed by atoms with Crippen molar-refractivity contribution < 1.29 is 37.8 Å². The maximum absolute atomic E-state index is 12.4. The van der Waals surface area contributed by atoms with Crippen LogP contribution in [0.15, 0.2) is 54.1 Å². The topological polar surface area (TPSA) is 180 Å². The monoisotopic (exact) mass is 471 g/mol. The number of nitrogens with two attached hydrogens (primary N) is 1. The number of nitrogens with zero attached hydrogens (tertiary/aromatic N) is 2. The van der Waals surface area contributed by atoms with Gasteiger partial charge in [0.05, 0.1) is 18.2 Å². The SMILES string of the molecule is C=C[C@H](CC(=O)O)NC(=O)Cn1ccn(-c2ccc(C(=N)N)cc2)c1=O.O=C(O)C(F)(F)F. The highest BCUT2D eigenvalue weighted by Gasteiger charge is 2.38. The summed E-state index contributed by atoms with van der Waals surface area (Å²) in [7, 11) is 0. The second kappa shape index (κ2) is 11.3. The van der Waals surface area contributed by atoms with Crippen molar-refractivity contribution in [1.82, 2.24) is 14.5 Å². The highest BCUT2D eigenvalue weighted by atomic mass is 19.4. The van der Waals surface area contributed by atoms with Gasteiger partial charge in [0.25, 0.3) is 0 Å². The number of rotatable bonds is 8. The van der Waals surface area contributed by atoms with Crippen LogP contribution >= 0.6 is 0 Å². The molecule has 1 atom stereocenters. The zero-order valence-corrected chi connectivity index (χ0v) is 16.9. The number of hydrogen-bond donors (Lipinski definition) is 5. The van der Waals surface area contributed by atoms with Crippen molar-refractivity contribution in [3.63, 3.8) is 0 Å². The van der Waals surface area contributed by atoms with Gasteiger partial charge in [-0.1, -0.05) is 6.08 Å². The highest BCUT2D eigenvalue weighted by molar-refractivity contribution is 5.95. The van der Waals surface area contributed by atoms with Gasteiger partial charge in [-0.25, -0.2) is 9.59 Å². The first-order valence-corrected chi connectivity index (χ1v) is 8.92. The minimum Gasteiger partial charge on any atom is -0.481 e. The van der Waals surface area contributed by atoms with Crippen LogP contribution in [0.5, 0.6) is 0 Å². The van der Waals surface area contributed by atoms with Gasteiger partial charge in [-0.05, 0) is 24.3 Å². The van der Waals surface area contributed by atoms with Gasteiger partial charge >= 0.3 is 23.8 Å². The fraction of sp³-hybridized carbons (Fsp3) is 0.211. The number of nitrogen functional groups attached to an aromatic ring is 1. The molecule has 0 saturated heterocycles. The molecule has 1 aromatic heterocycles. The number of carboxylic acid groups (broad SMARTS) is 2. The van der Waals surface area contributed by atoms with Crippen LogP contribution in [0.25, 0.3) is 5.69 Å². The lowest BCUT2D eigenvalue weighted by Crippen LogP contribution is -2.39. The van der Waals surface area contributed by atoms with Crippen LogP contribution in [0, 0.1) is 5.41 Å². The molecule has 11 nitrogen and oxygen atoms in total. The van der Waals surface area contributed by atoms with Crippen LogP contribution in [0.4, 0.5) is 13.2 Å². The van der Waals surface area contributed by atoms with E-state index in [9.17, 15) is 27.6 Å². The Morgan fingerprint density at radius 3 is 2.15 bits per heavy atom. The smallest absolute Gasteiger partial charge is 0.481 e. The Morgan fingerprint density at radius 1 is 1.18 bits per heavy atom. The van der Waals surface area contributed by atoms with E-state index in [1.54, 1.807) is 24.3 Å². The van der Waals surface area contributed by atoms with Crippen molar-refractivity contribution in [2.45, 2.75) is 25.2 Å². The van der Waals surface area contributed by atoms with Crippen LogP contribution in [0.2, 0.25) is 0 Å². The summed E-state index contributed by atoms with van der Waals surface area (Å²) >= 11 is 0. The average Bonchev–Trinajstić information content (AvgIpc) is 3.07. The number of amidine groups is 1. The molecule has 0 saturated carbocycles. The maximum atomic E-state index is 12.4. The predicted molar refractivity (Wildman–Crippen MR) is 109 cm³/mol. The number of aliphatic carboxylic acids is 2. The van der Waals surface area contributed by atoms with E-state index in [1.165, 1.54) is 27.6 Å². The van der Waals surface area contributed by atoms with Crippen molar-refractivity contribution in [1.29, 1.82) is 5.41 Å². The molecule has 1 amide bonds. The number of nitrogens with one attached hydrogen (secondary N) is 2. The number of imidazole rings is 1. The largest absolute Gasteiger partial charge is 0.490 e. The zero-order valence-electron chi connectivity index (χ0n) is 16.9. The Balaban J connectivity index is 0.000000675. The van der Waals surface area contributed by atoms with Gasteiger partial charge in [0.2, 0.25) is 5.91 Å². The molecule has 0 radical (unpaired) electrons. The Morgan fingerprint density at radius 2 is 1.73 bits per heavy atom. The van der Waals surface area contributed by atoms with Crippen LogP contribution in [0.1, 0.15) is 12.0 Å². The van der Waals surface area contributed by atoms with E-state index < -0.39 is 35.8 Å². The molecule has 0 spiro atoms. The number of carboxylic acids is 2. The number of carbonyl (C=O) groups is 3. The maximum Gasteiger partial charge on any atom is 0.490 e. The second-order valence-electron chi connectivity index (χ2n) is 6.35. The van der Waals surface area contributed by atoms with Crippen LogP contribution in [-0.4, -0.2) is 55.2 Å². The van der Waals surface area contributed by atoms with Crippen molar-refractivity contribution in [3.05, 3.63) is 65.4 Å². The quantitative estimate of drug-likeness (QED) is 0.213. The molecule has 14 heteroatoms. The van der Waals surface area contributed by atoms with E-state index in [-0.39, 0.29) is 18.8 Å². The van der Waals surface area contributed by atoms with Gasteiger partial charge in [-0.3, -0.25) is 24.1 Å². The molecule has 0 aliphatic carbocycles. The number of alkyl halides is 3. The minimum absolute atomic E-state index is 0.0729. The molecule has 2 rings (SSSR count). The summed E-state index contributed by atoms with van der Waals surface area (Å²) in [5.74, 6) is -4.39. The van der Waals surface area contributed by atoms with E-state index in [1.807, 2.05) is 0 Å². The summed E-state index contributed by atoms with van der Waals surface area (Å²) in [4.78, 5) is 44.0. The van der Waals surface area contributed by atoms with Crippen LogP contribution in [-0.2, 0) is 20.9 Å². The van der Waals surface area contributed by atoms with Crippen LogP contribution < -0.4 is 16.7 Å². The lowest BCUT2D eigenvalue weighted by molar-refractivity contribution is -0.192. The standard InChI is InChI=1S/C17H19N5O4.C2HF3O2/c1-2-12(9-15(24)25)20-14(23)10-21-7-8-22(17(21)26)13-5-3-11(4-6-13)16(18)19;3-2(4,5)1(6)7/h2-8,12H,1,9-10H2,(H3,18,19)(H,20,23)(H,24,25);(H,6,7)/t12-;/m1./s1. The molecule has 6 N–H and O–H groups in total. The molecule has 1 aromatic carbocycles. The highest BCUT2D eigenvalue weighted by Crippen LogP contribution is 2.13. The van der Waals surface area contributed by atoms with Gasteiger partial charge in [0.15, 0.2) is 0 Å². The lowest BCUT2D eigenvalue weighted by atomic mass is 10.2. The summed E-state index contributed by atoms with van der Waals surface area (Å²) in [5.41, 5.74) is 6.07. The fourth-order valence-electron chi connectivity index (χ4n) is 2.32. The summed E-state index contributed by atoms with van der Waals surface area (Å²) < 4.78 is 34.3. The van der Waals surface area contributed by atoms with Crippen molar-refractivity contribution in [2.24, 2.45) is 5.73 Å². The molecule has 33 heavy (non-hydrogen) atoms. The predicted octanol–water partition coefficient (Wildman–Crippen LogP) is 0.702. The second-order valence-corrected chi connectivity index (χ2v) is 6.35. The van der Waals surface area contributed by atoms with Crippen molar-refractivity contribution in [3.8, 4) is 5.69 Å². The molecule has 0 aliphatic rings. The lowest BCUT2D eigenvalue weighted by Gasteiger charge is -2.12. The summed E-state index contributed by atoms with van der Waals surface area (Å²) in [5, 5.41) is 25.8. The molecular weight excluding hydrogens is 451 g/mol. The number of aromatic nitrogens is 2.